The van der Waals surface area contributed by atoms with E-state index in [1.165, 1.54) is 12.8 Å². The van der Waals surface area contributed by atoms with Crippen LogP contribution in [0.15, 0.2) is 18.6 Å². The Bertz CT molecular complexity index is 504. The summed E-state index contributed by atoms with van der Waals surface area (Å²) in [6.07, 6.45) is 10.3. The molecule has 1 amide bonds. The number of rotatable bonds is 4. The van der Waals surface area contributed by atoms with Gasteiger partial charge in [0.15, 0.2) is 0 Å². The molecule has 2 aliphatic carbocycles. The van der Waals surface area contributed by atoms with Crippen LogP contribution in [-0.4, -0.2) is 45.9 Å². The number of piperidine rings is 1. The zero-order valence-corrected chi connectivity index (χ0v) is 12.3. The number of amides is 1. The van der Waals surface area contributed by atoms with E-state index in [1.807, 2.05) is 12.3 Å². The van der Waals surface area contributed by atoms with Crippen molar-refractivity contribution in [2.45, 2.75) is 50.6 Å². The van der Waals surface area contributed by atoms with Crippen molar-refractivity contribution in [3.8, 4) is 0 Å². The predicted molar refractivity (Wildman–Crippen MR) is 79.9 cm³/mol. The van der Waals surface area contributed by atoms with E-state index in [9.17, 15) is 4.79 Å². The second-order valence-electron chi connectivity index (χ2n) is 6.54. The number of hydrogen-bond donors (Lipinski definition) is 0. The van der Waals surface area contributed by atoms with Crippen molar-refractivity contribution in [2.24, 2.45) is 5.92 Å². The van der Waals surface area contributed by atoms with Crippen LogP contribution < -0.4 is 4.90 Å². The van der Waals surface area contributed by atoms with Gasteiger partial charge in [0.05, 0.1) is 0 Å². The van der Waals surface area contributed by atoms with Crippen molar-refractivity contribution in [3.05, 3.63) is 18.6 Å². The maximum Gasteiger partial charge on any atom is 0.225 e. The van der Waals surface area contributed by atoms with Crippen LogP contribution in [0.5, 0.6) is 0 Å². The van der Waals surface area contributed by atoms with Crippen LogP contribution in [0.4, 0.5) is 5.82 Å². The number of hydrogen-bond acceptors (Lipinski definition) is 4. The molecular formula is C16H22N4O. The monoisotopic (exact) mass is 286 g/mol. The summed E-state index contributed by atoms with van der Waals surface area (Å²) in [6, 6.07) is 3.19. The molecule has 5 nitrogen and oxygen atoms in total. The number of likely N-dealkylation sites (tertiary alicyclic amines) is 1. The maximum absolute atomic E-state index is 12.1. The standard InChI is InChI=1S/C16H22N4O/c21-16(12-1-2-12)19-9-6-14(7-10-19)20(13-3-4-13)15-5-8-17-11-18-15/h5,8,11-14H,1-4,6-7,9-10H2. The summed E-state index contributed by atoms with van der Waals surface area (Å²) < 4.78 is 0. The summed E-state index contributed by atoms with van der Waals surface area (Å²) in [5.41, 5.74) is 0. The first-order valence-electron chi connectivity index (χ1n) is 8.16. The quantitative estimate of drug-likeness (QED) is 0.847. The molecule has 1 aliphatic heterocycles. The number of nitrogens with zero attached hydrogens (tertiary/aromatic N) is 4. The fourth-order valence-corrected chi connectivity index (χ4v) is 3.41. The Kier molecular flexibility index (Phi) is 3.28. The van der Waals surface area contributed by atoms with Gasteiger partial charge in [-0.15, -0.1) is 0 Å². The first kappa shape index (κ1) is 13.0. The van der Waals surface area contributed by atoms with Crippen LogP contribution in [0.2, 0.25) is 0 Å². The summed E-state index contributed by atoms with van der Waals surface area (Å²) in [7, 11) is 0. The molecule has 3 fully saturated rings. The zero-order chi connectivity index (χ0) is 14.2. The Morgan fingerprint density at radius 3 is 2.38 bits per heavy atom. The number of carbonyl (C=O) groups is 1. The third kappa shape index (κ3) is 2.74. The van der Waals surface area contributed by atoms with Gasteiger partial charge in [-0.2, -0.15) is 0 Å². The molecule has 1 aromatic rings. The predicted octanol–water partition coefficient (Wildman–Crippen LogP) is 1.85. The number of carbonyl (C=O) groups excluding carboxylic acids is 1. The molecule has 2 saturated carbocycles. The van der Waals surface area contributed by atoms with Gasteiger partial charge in [-0.05, 0) is 44.6 Å². The van der Waals surface area contributed by atoms with Gasteiger partial charge in [0.1, 0.15) is 12.1 Å². The molecule has 1 saturated heterocycles. The van der Waals surface area contributed by atoms with Gasteiger partial charge >= 0.3 is 0 Å². The molecule has 0 spiro atoms. The molecule has 112 valence electrons. The Balaban J connectivity index is 1.42. The third-order valence-corrected chi connectivity index (χ3v) is 4.87. The SMILES string of the molecule is O=C(C1CC1)N1CCC(N(c2ccncn2)C2CC2)CC1. The van der Waals surface area contributed by atoms with Crippen LogP contribution in [0.1, 0.15) is 38.5 Å². The molecule has 5 heteroatoms. The highest BCUT2D eigenvalue weighted by molar-refractivity contribution is 5.81. The largest absolute Gasteiger partial charge is 0.350 e. The second-order valence-corrected chi connectivity index (χ2v) is 6.54. The Morgan fingerprint density at radius 1 is 1.10 bits per heavy atom. The van der Waals surface area contributed by atoms with E-state index in [0.29, 0.717) is 23.9 Å². The van der Waals surface area contributed by atoms with Crippen molar-refractivity contribution < 1.29 is 4.79 Å². The highest BCUT2D eigenvalue weighted by atomic mass is 16.2. The molecule has 0 bridgehead atoms. The molecule has 1 aromatic heterocycles. The minimum atomic E-state index is 0.350. The van der Waals surface area contributed by atoms with Crippen molar-refractivity contribution in [1.82, 2.24) is 14.9 Å². The van der Waals surface area contributed by atoms with Gasteiger partial charge in [-0.25, -0.2) is 9.97 Å². The van der Waals surface area contributed by atoms with E-state index in [1.54, 1.807) is 6.33 Å². The van der Waals surface area contributed by atoms with Gasteiger partial charge in [0.25, 0.3) is 0 Å². The molecular weight excluding hydrogens is 264 g/mol. The first-order valence-corrected chi connectivity index (χ1v) is 8.16. The maximum atomic E-state index is 12.1. The average Bonchev–Trinajstić information content (AvgIpc) is 3.41. The fourth-order valence-electron chi connectivity index (χ4n) is 3.41. The third-order valence-electron chi connectivity index (χ3n) is 4.87. The smallest absolute Gasteiger partial charge is 0.225 e. The highest BCUT2D eigenvalue weighted by Gasteiger charge is 2.39. The Morgan fingerprint density at radius 2 is 1.81 bits per heavy atom. The van der Waals surface area contributed by atoms with Crippen LogP contribution >= 0.6 is 0 Å². The molecule has 0 N–H and O–H groups in total. The lowest BCUT2D eigenvalue weighted by molar-refractivity contribution is -0.133. The van der Waals surface area contributed by atoms with Crippen LogP contribution in [0, 0.1) is 5.92 Å². The minimum Gasteiger partial charge on any atom is -0.350 e. The van der Waals surface area contributed by atoms with Gasteiger partial charge in [-0.1, -0.05) is 0 Å². The van der Waals surface area contributed by atoms with E-state index < -0.39 is 0 Å². The highest BCUT2D eigenvalue weighted by Crippen LogP contribution is 2.36. The number of anilines is 1. The van der Waals surface area contributed by atoms with Gasteiger partial charge in [-0.3, -0.25) is 4.79 Å². The summed E-state index contributed by atoms with van der Waals surface area (Å²) in [4.78, 5) is 25.2. The van der Waals surface area contributed by atoms with Crippen molar-refractivity contribution in [2.75, 3.05) is 18.0 Å². The minimum absolute atomic E-state index is 0.350. The van der Waals surface area contributed by atoms with E-state index in [-0.39, 0.29) is 0 Å². The topological polar surface area (TPSA) is 49.3 Å². The average molecular weight is 286 g/mol. The fraction of sp³-hybridized carbons (Fsp3) is 0.688. The molecule has 3 aliphatic rings. The van der Waals surface area contributed by atoms with Crippen LogP contribution in [-0.2, 0) is 4.79 Å². The normalized spacial score (nSPS) is 23.1. The summed E-state index contributed by atoms with van der Waals surface area (Å²) in [5.74, 6) is 1.80. The molecule has 0 radical (unpaired) electrons. The molecule has 0 unspecified atom stereocenters. The lowest BCUT2D eigenvalue weighted by Crippen LogP contribution is -2.48. The summed E-state index contributed by atoms with van der Waals surface area (Å²) >= 11 is 0. The van der Waals surface area contributed by atoms with E-state index >= 15 is 0 Å². The molecule has 21 heavy (non-hydrogen) atoms. The molecule has 2 heterocycles. The van der Waals surface area contributed by atoms with Crippen molar-refractivity contribution in [1.29, 1.82) is 0 Å². The zero-order valence-electron chi connectivity index (χ0n) is 12.3. The van der Waals surface area contributed by atoms with Crippen molar-refractivity contribution in [3.63, 3.8) is 0 Å². The van der Waals surface area contributed by atoms with E-state index in [2.05, 4.69) is 19.8 Å². The Hall–Kier alpha value is -1.65. The molecule has 0 atom stereocenters. The van der Waals surface area contributed by atoms with E-state index in [4.69, 9.17) is 0 Å². The van der Waals surface area contributed by atoms with Crippen molar-refractivity contribution >= 4 is 11.7 Å². The van der Waals surface area contributed by atoms with Crippen LogP contribution in [0.3, 0.4) is 0 Å². The first-order chi connectivity index (χ1) is 10.3. The molecule has 4 rings (SSSR count). The number of aromatic nitrogens is 2. The summed E-state index contributed by atoms with van der Waals surface area (Å²) in [5, 5.41) is 0. The van der Waals surface area contributed by atoms with Gasteiger partial charge in [0, 0.05) is 37.3 Å². The Labute approximate surface area is 125 Å². The van der Waals surface area contributed by atoms with Gasteiger partial charge in [0.2, 0.25) is 5.91 Å². The van der Waals surface area contributed by atoms with Gasteiger partial charge < -0.3 is 9.80 Å². The molecule has 0 aromatic carbocycles. The van der Waals surface area contributed by atoms with E-state index in [0.717, 1.165) is 44.6 Å². The van der Waals surface area contributed by atoms with Crippen LogP contribution in [0.25, 0.3) is 0 Å². The lowest BCUT2D eigenvalue weighted by Gasteiger charge is -2.39. The second kappa shape index (κ2) is 5.28. The summed E-state index contributed by atoms with van der Waals surface area (Å²) in [6.45, 7) is 1.82. The lowest BCUT2D eigenvalue weighted by atomic mass is 10.0.